The summed E-state index contributed by atoms with van der Waals surface area (Å²) in [6, 6.07) is 1.02. The minimum atomic E-state index is -1.45. The molecule has 15 heavy (non-hydrogen) atoms. The summed E-state index contributed by atoms with van der Waals surface area (Å²) >= 11 is 0. The van der Waals surface area contributed by atoms with Gasteiger partial charge in [0, 0.05) is 26.2 Å². The van der Waals surface area contributed by atoms with Crippen LogP contribution < -0.4 is 0 Å². The normalized spacial score (nSPS) is 12.1. The van der Waals surface area contributed by atoms with E-state index in [0.717, 1.165) is 18.5 Å². The lowest BCUT2D eigenvalue weighted by Crippen LogP contribution is -2.21. The monoisotopic (exact) mass is 232 g/mol. The Hall–Kier alpha value is -0.653. The lowest BCUT2D eigenvalue weighted by molar-refractivity contribution is -0.137. The van der Waals surface area contributed by atoms with Crippen molar-refractivity contribution in [3.63, 3.8) is 0 Å². The molecule has 0 radical (unpaired) electrons. The molecular formula is C10H20O4Si. The maximum absolute atomic E-state index is 10.7. The maximum Gasteiger partial charge on any atom is 0.330 e. The van der Waals surface area contributed by atoms with E-state index in [9.17, 15) is 4.79 Å². The van der Waals surface area contributed by atoms with Gasteiger partial charge in [-0.25, -0.2) is 4.79 Å². The highest BCUT2D eigenvalue weighted by molar-refractivity contribution is 6.44. The van der Waals surface area contributed by atoms with Crippen LogP contribution in [0.3, 0.4) is 0 Å². The van der Waals surface area contributed by atoms with Gasteiger partial charge in [0.15, 0.2) is 0 Å². The quantitative estimate of drug-likeness (QED) is 0.261. The molecule has 0 rings (SSSR count). The third-order valence-corrected chi connectivity index (χ3v) is 3.97. The summed E-state index contributed by atoms with van der Waals surface area (Å²) in [4.78, 5) is 10.7. The SMILES string of the molecule is C=CC(=O)OCCCO[SiH](CCC)OC. The Morgan fingerprint density at radius 2 is 2.20 bits per heavy atom. The second-order valence-corrected chi connectivity index (χ2v) is 5.29. The van der Waals surface area contributed by atoms with Gasteiger partial charge in [-0.3, -0.25) is 0 Å². The van der Waals surface area contributed by atoms with Gasteiger partial charge in [-0.05, 0) is 6.04 Å². The number of hydrogen-bond acceptors (Lipinski definition) is 4. The first kappa shape index (κ1) is 14.3. The number of rotatable bonds is 9. The molecule has 0 heterocycles. The van der Waals surface area contributed by atoms with Gasteiger partial charge < -0.3 is 13.6 Å². The minimum absolute atomic E-state index is 0.377. The van der Waals surface area contributed by atoms with E-state index in [0.29, 0.717) is 19.6 Å². The van der Waals surface area contributed by atoms with E-state index < -0.39 is 9.28 Å². The smallest absolute Gasteiger partial charge is 0.330 e. The molecule has 0 aliphatic carbocycles. The topological polar surface area (TPSA) is 44.8 Å². The molecule has 5 heteroatoms. The molecule has 0 aliphatic heterocycles. The summed E-state index contributed by atoms with van der Waals surface area (Å²) in [6.07, 6.45) is 2.94. The molecule has 0 spiro atoms. The van der Waals surface area contributed by atoms with Gasteiger partial charge in [0.25, 0.3) is 0 Å². The van der Waals surface area contributed by atoms with Crippen molar-refractivity contribution in [1.82, 2.24) is 0 Å². The van der Waals surface area contributed by atoms with Gasteiger partial charge >= 0.3 is 15.3 Å². The third kappa shape index (κ3) is 8.35. The van der Waals surface area contributed by atoms with E-state index in [1.807, 2.05) is 0 Å². The van der Waals surface area contributed by atoms with Gasteiger partial charge in [-0.1, -0.05) is 19.9 Å². The van der Waals surface area contributed by atoms with E-state index in [4.69, 9.17) is 13.6 Å². The van der Waals surface area contributed by atoms with Gasteiger partial charge in [-0.15, -0.1) is 0 Å². The number of hydrogen-bond donors (Lipinski definition) is 0. The van der Waals surface area contributed by atoms with Crippen LogP contribution in [0, 0.1) is 0 Å². The first-order valence-corrected chi connectivity index (χ1v) is 6.94. The lowest BCUT2D eigenvalue weighted by Gasteiger charge is -2.12. The van der Waals surface area contributed by atoms with Crippen molar-refractivity contribution in [1.29, 1.82) is 0 Å². The van der Waals surface area contributed by atoms with Crippen LogP contribution in [0.25, 0.3) is 0 Å². The minimum Gasteiger partial charge on any atom is -0.462 e. The Morgan fingerprint density at radius 1 is 1.47 bits per heavy atom. The number of carbonyl (C=O) groups excluding carboxylic acids is 1. The van der Waals surface area contributed by atoms with Crippen molar-refractivity contribution in [3.05, 3.63) is 12.7 Å². The van der Waals surface area contributed by atoms with E-state index in [1.165, 1.54) is 0 Å². The second-order valence-electron chi connectivity index (χ2n) is 3.05. The first-order chi connectivity index (χ1) is 7.24. The summed E-state index contributed by atoms with van der Waals surface area (Å²) in [5.41, 5.74) is 0. The van der Waals surface area contributed by atoms with E-state index >= 15 is 0 Å². The Kier molecular flexibility index (Phi) is 9.45. The van der Waals surface area contributed by atoms with Gasteiger partial charge in [0.05, 0.1) is 6.61 Å². The van der Waals surface area contributed by atoms with Crippen molar-refractivity contribution >= 4 is 15.3 Å². The molecule has 0 N–H and O–H groups in total. The van der Waals surface area contributed by atoms with Crippen LogP contribution in [0.15, 0.2) is 12.7 Å². The lowest BCUT2D eigenvalue weighted by atomic mass is 10.5. The molecule has 1 unspecified atom stereocenters. The van der Waals surface area contributed by atoms with E-state index in [2.05, 4.69) is 13.5 Å². The molecule has 0 aromatic carbocycles. The fourth-order valence-electron chi connectivity index (χ4n) is 1.01. The summed E-state index contributed by atoms with van der Waals surface area (Å²) in [5.74, 6) is -0.385. The predicted molar refractivity (Wildman–Crippen MR) is 61.0 cm³/mol. The molecular weight excluding hydrogens is 212 g/mol. The summed E-state index contributed by atoms with van der Waals surface area (Å²) < 4.78 is 15.6. The van der Waals surface area contributed by atoms with Crippen LogP contribution in [-0.4, -0.2) is 35.6 Å². The Labute approximate surface area is 93.1 Å². The fourth-order valence-corrected chi connectivity index (χ4v) is 2.45. The third-order valence-electron chi connectivity index (χ3n) is 1.79. The van der Waals surface area contributed by atoms with Crippen LogP contribution in [0.1, 0.15) is 19.8 Å². The van der Waals surface area contributed by atoms with Crippen LogP contribution in [0.4, 0.5) is 0 Å². The van der Waals surface area contributed by atoms with Crippen LogP contribution in [0.2, 0.25) is 6.04 Å². The van der Waals surface area contributed by atoms with Crippen LogP contribution in [0.5, 0.6) is 0 Å². The van der Waals surface area contributed by atoms with Crippen molar-refractivity contribution in [3.8, 4) is 0 Å². The van der Waals surface area contributed by atoms with Gasteiger partial charge in [-0.2, -0.15) is 0 Å². The van der Waals surface area contributed by atoms with Gasteiger partial charge in [0.1, 0.15) is 0 Å². The number of esters is 1. The van der Waals surface area contributed by atoms with Crippen molar-refractivity contribution < 1.29 is 18.4 Å². The number of carbonyl (C=O) groups is 1. The highest BCUT2D eigenvalue weighted by atomic mass is 28.3. The zero-order valence-corrected chi connectivity index (χ0v) is 10.7. The molecule has 0 aromatic heterocycles. The molecule has 1 atom stereocenters. The summed E-state index contributed by atoms with van der Waals surface area (Å²) in [5, 5.41) is 0. The Balaban J connectivity index is 3.35. The van der Waals surface area contributed by atoms with Crippen molar-refractivity contribution in [2.75, 3.05) is 20.3 Å². The molecule has 0 aliphatic rings. The molecule has 0 saturated heterocycles. The molecule has 0 saturated carbocycles. The summed E-state index contributed by atoms with van der Waals surface area (Å²) in [6.45, 7) is 6.38. The average molecular weight is 232 g/mol. The second kappa shape index (κ2) is 9.89. The predicted octanol–water partition coefficient (Wildman–Crippen LogP) is 1.40. The average Bonchev–Trinajstić information content (AvgIpc) is 2.26. The molecule has 0 bridgehead atoms. The highest BCUT2D eigenvalue weighted by Crippen LogP contribution is 2.00. The highest BCUT2D eigenvalue weighted by Gasteiger charge is 2.09. The maximum atomic E-state index is 10.7. The summed E-state index contributed by atoms with van der Waals surface area (Å²) in [7, 11) is 0.237. The largest absolute Gasteiger partial charge is 0.462 e. The van der Waals surface area contributed by atoms with E-state index in [1.54, 1.807) is 7.11 Å². The van der Waals surface area contributed by atoms with Crippen molar-refractivity contribution in [2.45, 2.75) is 25.8 Å². The fraction of sp³-hybridized carbons (Fsp3) is 0.700. The Morgan fingerprint density at radius 3 is 2.73 bits per heavy atom. The molecule has 0 amide bonds. The number of ether oxygens (including phenoxy) is 1. The zero-order valence-electron chi connectivity index (χ0n) is 9.53. The molecule has 0 aromatic rings. The van der Waals surface area contributed by atoms with Crippen LogP contribution in [-0.2, 0) is 18.4 Å². The van der Waals surface area contributed by atoms with Crippen LogP contribution >= 0.6 is 0 Å². The van der Waals surface area contributed by atoms with Gasteiger partial charge in [0.2, 0.25) is 0 Å². The van der Waals surface area contributed by atoms with E-state index in [-0.39, 0.29) is 5.97 Å². The standard InChI is InChI=1S/C10H20O4Si/c1-4-9-15(12-3)14-8-6-7-13-10(11)5-2/h5,15H,2,4,6-9H2,1,3H3. The van der Waals surface area contributed by atoms with Crippen molar-refractivity contribution in [2.24, 2.45) is 0 Å². The Bertz CT molecular complexity index is 184. The molecule has 4 nitrogen and oxygen atoms in total. The first-order valence-electron chi connectivity index (χ1n) is 5.18. The zero-order chi connectivity index (χ0) is 11.5. The molecule has 0 fully saturated rings. The molecule has 88 valence electrons.